The number of aromatic amines is 1. The lowest BCUT2D eigenvalue weighted by molar-refractivity contribution is -0.115. The van der Waals surface area contributed by atoms with Crippen LogP contribution in [0.3, 0.4) is 0 Å². The Morgan fingerprint density at radius 2 is 2.16 bits per heavy atom. The lowest BCUT2D eigenvalue weighted by Crippen LogP contribution is -2.15. The molecule has 0 bridgehead atoms. The molecule has 0 saturated carbocycles. The second-order valence-electron chi connectivity index (χ2n) is 6.81. The minimum Gasteiger partial charge on any atom is -0.495 e. The van der Waals surface area contributed by atoms with E-state index in [1.807, 2.05) is 17.5 Å². The van der Waals surface area contributed by atoms with Crippen LogP contribution in [0.15, 0.2) is 48.0 Å². The highest BCUT2D eigenvalue weighted by atomic mass is 32.1. The van der Waals surface area contributed by atoms with Crippen LogP contribution in [0.1, 0.15) is 21.7 Å². The molecule has 0 radical (unpaired) electrons. The predicted molar refractivity (Wildman–Crippen MR) is 123 cm³/mol. The fourth-order valence-electron chi connectivity index (χ4n) is 3.48. The van der Waals surface area contributed by atoms with Gasteiger partial charge in [-0.25, -0.2) is 0 Å². The molecule has 7 nitrogen and oxygen atoms in total. The van der Waals surface area contributed by atoms with Crippen LogP contribution in [0.4, 0.5) is 11.4 Å². The van der Waals surface area contributed by atoms with Crippen molar-refractivity contribution in [1.29, 1.82) is 0 Å². The van der Waals surface area contributed by atoms with Gasteiger partial charge in [0, 0.05) is 33.6 Å². The Morgan fingerprint density at radius 3 is 2.90 bits per heavy atom. The number of benzene rings is 1. The summed E-state index contributed by atoms with van der Waals surface area (Å²) < 4.78 is 5.33. The van der Waals surface area contributed by atoms with Gasteiger partial charge in [0.05, 0.1) is 31.4 Å². The van der Waals surface area contributed by atoms with Crippen molar-refractivity contribution in [2.24, 2.45) is 0 Å². The average Bonchev–Trinajstić information content (AvgIpc) is 3.49. The molecule has 0 saturated heterocycles. The quantitative estimate of drug-likeness (QED) is 0.424. The van der Waals surface area contributed by atoms with E-state index in [1.165, 1.54) is 11.3 Å². The number of nitrogens with one attached hydrogen (secondary N) is 3. The van der Waals surface area contributed by atoms with Gasteiger partial charge in [-0.2, -0.15) is 0 Å². The first-order chi connectivity index (χ1) is 15.1. The van der Waals surface area contributed by atoms with Crippen molar-refractivity contribution in [1.82, 2.24) is 4.98 Å². The molecule has 4 rings (SSSR count). The lowest BCUT2D eigenvalue weighted by Gasteiger charge is -2.13. The highest BCUT2D eigenvalue weighted by molar-refractivity contribution is 7.10. The summed E-state index contributed by atoms with van der Waals surface area (Å²) in [4.78, 5) is 29.4. The third kappa shape index (κ3) is 4.30. The Hall–Kier alpha value is -3.62. The van der Waals surface area contributed by atoms with Crippen LogP contribution < -0.4 is 15.4 Å². The van der Waals surface area contributed by atoms with Crippen molar-refractivity contribution in [2.45, 2.75) is 6.42 Å². The molecule has 1 aliphatic rings. The van der Waals surface area contributed by atoms with Gasteiger partial charge in [0.25, 0.3) is 5.91 Å². The Balaban J connectivity index is 1.76. The standard InChI is InChI=1S/C23H21N3O4S/c1-30-20-8-9-24-19(20)13-16-22-15(5-2-10-27)17(6-7-18(22)26-23(16)29)25-21(28)12-14-4-3-11-31-14/h2-9,11,13,24,27H,10,12H2,1H3,(H,25,28)(H,26,29). The summed E-state index contributed by atoms with van der Waals surface area (Å²) in [5, 5.41) is 17.1. The molecule has 0 fully saturated rings. The van der Waals surface area contributed by atoms with Crippen molar-refractivity contribution in [3.05, 3.63) is 69.7 Å². The van der Waals surface area contributed by atoms with Crippen LogP contribution in [0.2, 0.25) is 0 Å². The second kappa shape index (κ2) is 9.03. The number of rotatable bonds is 7. The number of carbonyl (C=O) groups excluding carboxylic acids is 2. The third-order valence-electron chi connectivity index (χ3n) is 4.83. The number of aliphatic hydroxyl groups excluding tert-OH is 1. The number of aromatic nitrogens is 1. The van der Waals surface area contributed by atoms with Crippen LogP contribution in [-0.2, 0) is 16.0 Å². The number of amides is 2. The third-order valence-corrected chi connectivity index (χ3v) is 5.71. The van der Waals surface area contributed by atoms with E-state index in [2.05, 4.69) is 15.6 Å². The molecule has 0 unspecified atom stereocenters. The molecule has 31 heavy (non-hydrogen) atoms. The topological polar surface area (TPSA) is 103 Å². The van der Waals surface area contributed by atoms with E-state index < -0.39 is 0 Å². The van der Waals surface area contributed by atoms with Gasteiger partial charge in [0.1, 0.15) is 5.75 Å². The van der Waals surface area contributed by atoms with Crippen molar-refractivity contribution in [3.8, 4) is 5.75 Å². The Kier molecular flexibility index (Phi) is 6.01. The summed E-state index contributed by atoms with van der Waals surface area (Å²) >= 11 is 1.52. The van der Waals surface area contributed by atoms with Crippen molar-refractivity contribution in [2.75, 3.05) is 24.4 Å². The first-order valence-corrected chi connectivity index (χ1v) is 10.5. The van der Waals surface area contributed by atoms with Gasteiger partial charge in [-0.1, -0.05) is 18.2 Å². The fraction of sp³-hybridized carbons (Fsp3) is 0.130. The molecule has 0 atom stereocenters. The van der Waals surface area contributed by atoms with Gasteiger partial charge >= 0.3 is 0 Å². The smallest absolute Gasteiger partial charge is 0.256 e. The number of carbonyl (C=O) groups is 2. The van der Waals surface area contributed by atoms with E-state index in [-0.39, 0.29) is 24.8 Å². The van der Waals surface area contributed by atoms with E-state index in [0.29, 0.717) is 39.5 Å². The van der Waals surface area contributed by atoms with Crippen LogP contribution in [0.5, 0.6) is 5.75 Å². The number of methoxy groups -OCH3 is 1. The van der Waals surface area contributed by atoms with E-state index in [4.69, 9.17) is 4.74 Å². The van der Waals surface area contributed by atoms with Gasteiger partial charge in [-0.05, 0) is 35.7 Å². The molecule has 3 aromatic rings. The summed E-state index contributed by atoms with van der Waals surface area (Å²) in [7, 11) is 1.56. The summed E-state index contributed by atoms with van der Waals surface area (Å²) in [5.41, 5.74) is 3.58. The normalized spacial score (nSPS) is 14.1. The number of anilines is 2. The zero-order valence-corrected chi connectivity index (χ0v) is 17.6. The molecule has 158 valence electrons. The summed E-state index contributed by atoms with van der Waals surface area (Å²) in [5.74, 6) is 0.198. The first kappa shape index (κ1) is 20.6. The highest BCUT2D eigenvalue weighted by Gasteiger charge is 2.28. The second-order valence-corrected chi connectivity index (χ2v) is 7.84. The minimum absolute atomic E-state index is 0.158. The van der Waals surface area contributed by atoms with Crippen LogP contribution >= 0.6 is 11.3 Å². The molecule has 2 amide bonds. The van der Waals surface area contributed by atoms with Crippen molar-refractivity contribution >= 4 is 52.3 Å². The maximum Gasteiger partial charge on any atom is 0.256 e. The van der Waals surface area contributed by atoms with Crippen LogP contribution in [0.25, 0.3) is 17.7 Å². The first-order valence-electron chi connectivity index (χ1n) is 9.62. The molecule has 2 aromatic heterocycles. The summed E-state index contributed by atoms with van der Waals surface area (Å²) in [6.07, 6.45) is 6.98. The SMILES string of the molecule is COc1cc[nH]c1C=C1C(=O)Nc2ccc(NC(=O)Cc3cccs3)c(C=CCO)c21. The maximum atomic E-state index is 12.7. The Bertz CT molecular complexity index is 1180. The van der Waals surface area contributed by atoms with E-state index in [9.17, 15) is 14.7 Å². The molecule has 4 N–H and O–H groups in total. The number of hydrogen-bond acceptors (Lipinski definition) is 5. The van der Waals surface area contributed by atoms with Gasteiger partial charge in [0.15, 0.2) is 0 Å². The van der Waals surface area contributed by atoms with E-state index in [0.717, 1.165) is 4.88 Å². The van der Waals surface area contributed by atoms with Gasteiger partial charge in [-0.15, -0.1) is 11.3 Å². The van der Waals surface area contributed by atoms with Gasteiger partial charge < -0.3 is 25.5 Å². The molecule has 0 aliphatic carbocycles. The van der Waals surface area contributed by atoms with E-state index in [1.54, 1.807) is 49.7 Å². The monoisotopic (exact) mass is 435 g/mol. The fourth-order valence-corrected chi connectivity index (χ4v) is 4.18. The Labute approximate surface area is 183 Å². The molecular formula is C23H21N3O4S. The molecule has 8 heteroatoms. The molecule has 1 aromatic carbocycles. The number of aliphatic hydroxyl groups is 1. The van der Waals surface area contributed by atoms with Gasteiger partial charge in [0.2, 0.25) is 5.91 Å². The number of hydrogen-bond donors (Lipinski definition) is 4. The van der Waals surface area contributed by atoms with Crippen LogP contribution in [0, 0.1) is 0 Å². The van der Waals surface area contributed by atoms with Crippen molar-refractivity contribution in [3.63, 3.8) is 0 Å². The zero-order valence-electron chi connectivity index (χ0n) is 16.8. The van der Waals surface area contributed by atoms with E-state index >= 15 is 0 Å². The Morgan fingerprint density at radius 1 is 1.29 bits per heavy atom. The number of fused-ring (bicyclic) bond motifs is 1. The van der Waals surface area contributed by atoms with Gasteiger partial charge in [-0.3, -0.25) is 9.59 Å². The number of thiophene rings is 1. The van der Waals surface area contributed by atoms with Crippen molar-refractivity contribution < 1.29 is 19.4 Å². The molecule has 0 spiro atoms. The highest BCUT2D eigenvalue weighted by Crippen LogP contribution is 2.40. The molecular weight excluding hydrogens is 414 g/mol. The summed E-state index contributed by atoms with van der Waals surface area (Å²) in [6, 6.07) is 9.10. The molecule has 3 heterocycles. The lowest BCUT2D eigenvalue weighted by atomic mass is 9.97. The predicted octanol–water partition coefficient (Wildman–Crippen LogP) is 3.76. The average molecular weight is 436 g/mol. The largest absolute Gasteiger partial charge is 0.495 e. The van der Waals surface area contributed by atoms with Crippen LogP contribution in [-0.4, -0.2) is 35.6 Å². The number of H-pyrrole nitrogens is 1. The minimum atomic E-state index is -0.257. The zero-order chi connectivity index (χ0) is 21.8. The maximum absolute atomic E-state index is 12.7. The summed E-state index contributed by atoms with van der Waals surface area (Å²) in [6.45, 7) is -0.170. The molecule has 1 aliphatic heterocycles. The number of ether oxygens (including phenoxy) is 1.